The highest BCUT2D eigenvalue weighted by atomic mass is 35.5. The highest BCUT2D eigenvalue weighted by Gasteiger charge is 2.33. The minimum Gasteiger partial charge on any atom is -1.00 e. The van der Waals surface area contributed by atoms with E-state index in [0.717, 1.165) is 24.2 Å². The van der Waals surface area contributed by atoms with Gasteiger partial charge in [-0.05, 0) is 0 Å². The van der Waals surface area contributed by atoms with E-state index in [9.17, 15) is 0 Å². The summed E-state index contributed by atoms with van der Waals surface area (Å²) in [5, 5.41) is 0. The molecule has 0 N–H and O–H groups in total. The normalized spacial score (nSPS) is 20.8. The number of likely N-dealkylation sites (N-methyl/N-ethyl adjacent to an activating group) is 1. The molecule has 14 heavy (non-hydrogen) atoms. The maximum Gasteiger partial charge on any atom is 0.207 e. The van der Waals surface area contributed by atoms with E-state index in [-0.39, 0.29) is 18.7 Å². The van der Waals surface area contributed by atoms with Crippen LogP contribution in [-0.2, 0) is 14.2 Å². The summed E-state index contributed by atoms with van der Waals surface area (Å²) in [5.41, 5.74) is 0. The molecule has 0 amide bonds. The van der Waals surface area contributed by atoms with E-state index >= 15 is 0 Å². The highest BCUT2D eigenvalue weighted by molar-refractivity contribution is 4.67. The van der Waals surface area contributed by atoms with Gasteiger partial charge >= 0.3 is 0 Å². The fraction of sp³-hybridized carbons (Fsp3) is 1.00. The number of hydrogen-bond acceptors (Lipinski definition) is 3. The van der Waals surface area contributed by atoms with E-state index in [1.54, 1.807) is 14.2 Å². The summed E-state index contributed by atoms with van der Waals surface area (Å²) in [7, 11) is 7.66. The van der Waals surface area contributed by atoms with E-state index in [1.165, 1.54) is 0 Å². The maximum atomic E-state index is 5.20. The first-order chi connectivity index (χ1) is 6.07. The number of ether oxygens (including phenoxy) is 3. The van der Waals surface area contributed by atoms with Crippen LogP contribution in [0.3, 0.4) is 0 Å². The van der Waals surface area contributed by atoms with E-state index in [1.807, 2.05) is 0 Å². The molecule has 0 radical (unpaired) electrons. The van der Waals surface area contributed by atoms with Gasteiger partial charge in [-0.1, -0.05) is 0 Å². The second-order valence-electron chi connectivity index (χ2n) is 4.16. The third kappa shape index (κ3) is 5.12. The summed E-state index contributed by atoms with van der Waals surface area (Å²) in [6.07, 6.45) is 0.332. The summed E-state index contributed by atoms with van der Waals surface area (Å²) in [4.78, 5) is 0. The van der Waals surface area contributed by atoms with Crippen molar-refractivity contribution in [2.45, 2.75) is 12.4 Å². The van der Waals surface area contributed by atoms with E-state index < -0.39 is 0 Å². The molecule has 1 aliphatic rings. The molecule has 1 saturated heterocycles. The maximum absolute atomic E-state index is 5.20. The molecule has 0 bridgehead atoms. The fourth-order valence-corrected chi connectivity index (χ4v) is 1.45. The first kappa shape index (κ1) is 14.1. The van der Waals surface area contributed by atoms with Gasteiger partial charge in [0.05, 0.1) is 20.7 Å². The Labute approximate surface area is 92.1 Å². The molecule has 1 rings (SSSR count). The summed E-state index contributed by atoms with van der Waals surface area (Å²) >= 11 is 0. The van der Waals surface area contributed by atoms with Crippen molar-refractivity contribution in [1.29, 1.82) is 0 Å². The van der Waals surface area contributed by atoms with Gasteiger partial charge < -0.3 is 31.1 Å². The topological polar surface area (TPSA) is 31.0 Å². The molecular formula is C9H20ClNO3. The molecule has 1 aliphatic heterocycles. The fourth-order valence-electron chi connectivity index (χ4n) is 1.45. The molecule has 0 aliphatic carbocycles. The van der Waals surface area contributed by atoms with Crippen molar-refractivity contribution in [2.24, 2.45) is 0 Å². The molecule has 0 aromatic carbocycles. The number of nitrogens with zero attached hydrogens (tertiary/aromatic N) is 1. The molecule has 0 aromatic rings. The summed E-state index contributed by atoms with van der Waals surface area (Å²) in [5.74, 6) is 0. The Morgan fingerprint density at radius 3 is 2.21 bits per heavy atom. The Balaban J connectivity index is 0.00000169. The molecule has 5 heteroatoms. The molecule has 1 unspecified atom stereocenters. The van der Waals surface area contributed by atoms with Crippen molar-refractivity contribution >= 4 is 0 Å². The Kier molecular flexibility index (Phi) is 5.93. The lowest BCUT2D eigenvalue weighted by molar-refractivity contribution is -0.896. The van der Waals surface area contributed by atoms with Crippen molar-refractivity contribution in [3.8, 4) is 0 Å². The lowest BCUT2D eigenvalue weighted by Crippen LogP contribution is -3.00. The Bertz CT molecular complexity index is 158. The summed E-state index contributed by atoms with van der Waals surface area (Å²) in [6.45, 7) is 2.79. The van der Waals surface area contributed by atoms with Crippen LogP contribution in [0, 0.1) is 0 Å². The third-order valence-corrected chi connectivity index (χ3v) is 2.27. The molecule has 4 nitrogen and oxygen atoms in total. The Morgan fingerprint density at radius 2 is 1.86 bits per heavy atom. The average molecular weight is 226 g/mol. The van der Waals surface area contributed by atoms with Crippen LogP contribution in [0.2, 0.25) is 0 Å². The largest absolute Gasteiger partial charge is 1.00 e. The minimum atomic E-state index is -0.117. The van der Waals surface area contributed by atoms with Gasteiger partial charge in [-0.3, -0.25) is 0 Å². The molecular weight excluding hydrogens is 206 g/mol. The van der Waals surface area contributed by atoms with E-state index in [0.29, 0.717) is 6.10 Å². The number of halogens is 1. The molecule has 1 fully saturated rings. The Hall–Kier alpha value is 0.130. The molecule has 1 heterocycles. The number of methoxy groups -OCH3 is 2. The molecule has 0 aromatic heterocycles. The Morgan fingerprint density at radius 1 is 1.36 bits per heavy atom. The number of rotatable bonds is 6. The van der Waals surface area contributed by atoms with Gasteiger partial charge in [0.2, 0.25) is 6.29 Å². The van der Waals surface area contributed by atoms with Gasteiger partial charge in [0.1, 0.15) is 19.2 Å². The van der Waals surface area contributed by atoms with Gasteiger partial charge in [0.25, 0.3) is 0 Å². The molecule has 1 atom stereocenters. The minimum absolute atomic E-state index is 0. The van der Waals surface area contributed by atoms with Crippen LogP contribution in [0.5, 0.6) is 0 Å². The zero-order valence-electron chi connectivity index (χ0n) is 9.33. The quantitative estimate of drug-likeness (QED) is 0.276. The predicted octanol–water partition coefficient (Wildman–Crippen LogP) is -2.92. The van der Waals surface area contributed by atoms with Crippen LogP contribution in [-0.4, -0.2) is 64.9 Å². The van der Waals surface area contributed by atoms with Crippen molar-refractivity contribution in [1.82, 2.24) is 0 Å². The van der Waals surface area contributed by atoms with Gasteiger partial charge in [-0.15, -0.1) is 0 Å². The standard InChI is InChI=1S/C9H20NO3.ClH/c1-10(2,5-8-7-13-8)6-9(11-3)12-4;/h8-9H,5-7H2,1-4H3;1H/q+1;/p-1. The monoisotopic (exact) mass is 225 g/mol. The predicted molar refractivity (Wildman–Crippen MR) is 49.4 cm³/mol. The lowest BCUT2D eigenvalue weighted by Gasteiger charge is -2.31. The molecule has 0 spiro atoms. The first-order valence-electron chi connectivity index (χ1n) is 4.56. The smallest absolute Gasteiger partial charge is 0.207 e. The second kappa shape index (κ2) is 5.88. The van der Waals surface area contributed by atoms with Gasteiger partial charge in [0.15, 0.2) is 0 Å². The summed E-state index contributed by atoms with van der Waals surface area (Å²) < 4.78 is 16.4. The van der Waals surface area contributed by atoms with Crippen molar-refractivity contribution in [2.75, 3.05) is 48.0 Å². The van der Waals surface area contributed by atoms with Crippen molar-refractivity contribution in [3.63, 3.8) is 0 Å². The van der Waals surface area contributed by atoms with Crippen LogP contribution < -0.4 is 12.4 Å². The van der Waals surface area contributed by atoms with Gasteiger partial charge in [-0.2, -0.15) is 0 Å². The first-order valence-corrected chi connectivity index (χ1v) is 4.56. The second-order valence-corrected chi connectivity index (χ2v) is 4.16. The number of quaternary nitrogens is 1. The SMILES string of the molecule is COC(C[N+](C)(C)CC1CO1)OC.[Cl-]. The number of hydrogen-bond donors (Lipinski definition) is 0. The van der Waals surface area contributed by atoms with Crippen LogP contribution in [0.1, 0.15) is 0 Å². The highest BCUT2D eigenvalue weighted by Crippen LogP contribution is 2.14. The van der Waals surface area contributed by atoms with Gasteiger partial charge in [-0.25, -0.2) is 0 Å². The molecule has 0 saturated carbocycles. The number of epoxide rings is 1. The average Bonchev–Trinajstić information content (AvgIpc) is 2.83. The summed E-state index contributed by atoms with van der Waals surface area (Å²) in [6, 6.07) is 0. The van der Waals surface area contributed by atoms with Crippen LogP contribution in [0.25, 0.3) is 0 Å². The lowest BCUT2D eigenvalue weighted by atomic mass is 10.3. The van der Waals surface area contributed by atoms with E-state index in [4.69, 9.17) is 14.2 Å². The van der Waals surface area contributed by atoms with Crippen molar-refractivity contribution in [3.05, 3.63) is 0 Å². The van der Waals surface area contributed by atoms with Gasteiger partial charge in [0, 0.05) is 14.2 Å². The zero-order chi connectivity index (χ0) is 9.90. The van der Waals surface area contributed by atoms with Crippen LogP contribution in [0.15, 0.2) is 0 Å². The van der Waals surface area contributed by atoms with Crippen molar-refractivity contribution < 1.29 is 31.1 Å². The zero-order valence-corrected chi connectivity index (χ0v) is 10.1. The van der Waals surface area contributed by atoms with E-state index in [2.05, 4.69) is 14.1 Å². The van der Waals surface area contributed by atoms with Crippen LogP contribution in [0.4, 0.5) is 0 Å². The van der Waals surface area contributed by atoms with Crippen LogP contribution >= 0.6 is 0 Å². The third-order valence-electron chi connectivity index (χ3n) is 2.27. The molecule has 86 valence electrons.